The monoisotopic (exact) mass is 264 g/mol. The molecule has 1 fully saturated rings. The molecule has 1 aromatic heterocycles. The third kappa shape index (κ3) is 3.57. The van der Waals surface area contributed by atoms with E-state index in [1.807, 2.05) is 6.07 Å². The van der Waals surface area contributed by atoms with Crippen molar-refractivity contribution < 1.29 is 9.53 Å². The number of ether oxygens (including phenoxy) is 1. The fourth-order valence-corrected chi connectivity index (χ4v) is 2.12. The van der Waals surface area contributed by atoms with E-state index in [1.165, 1.54) is 7.11 Å². The molecule has 0 bridgehead atoms. The molecule has 1 aliphatic heterocycles. The largest absolute Gasteiger partial charge is 0.453 e. The van der Waals surface area contributed by atoms with Gasteiger partial charge in [0.25, 0.3) is 0 Å². The highest BCUT2D eigenvalue weighted by atomic mass is 16.5. The van der Waals surface area contributed by atoms with Crippen molar-refractivity contribution in [1.82, 2.24) is 9.88 Å². The number of hydrogen-bond acceptors (Lipinski definition) is 5. The van der Waals surface area contributed by atoms with Crippen LogP contribution in [0.3, 0.4) is 0 Å². The molecule has 1 aliphatic rings. The number of aromatic nitrogens is 1. The standard InChI is InChI=1S/C13H20N4O2/c1-3-16-6-8-17(9-7-16)11-4-5-12(14-10-11)15-13(18)19-2/h4-5,10H,3,6-9H2,1-2H3,(H,14,15,18). The predicted octanol–water partition coefficient (Wildman–Crippen LogP) is 1.40. The van der Waals surface area contributed by atoms with E-state index >= 15 is 0 Å². The van der Waals surface area contributed by atoms with E-state index in [4.69, 9.17) is 0 Å². The number of carbonyl (C=O) groups excluding carboxylic acids is 1. The molecule has 1 aromatic rings. The lowest BCUT2D eigenvalue weighted by Gasteiger charge is -2.35. The Morgan fingerprint density at radius 2 is 2.11 bits per heavy atom. The van der Waals surface area contributed by atoms with E-state index in [9.17, 15) is 4.79 Å². The van der Waals surface area contributed by atoms with Gasteiger partial charge in [-0.25, -0.2) is 9.78 Å². The summed E-state index contributed by atoms with van der Waals surface area (Å²) in [6.07, 6.45) is 1.28. The zero-order valence-electron chi connectivity index (χ0n) is 11.4. The average Bonchev–Trinajstić information content (AvgIpc) is 2.48. The second kappa shape index (κ2) is 6.38. The number of methoxy groups -OCH3 is 1. The molecule has 1 amide bonds. The molecule has 0 unspecified atom stereocenters. The summed E-state index contributed by atoms with van der Waals surface area (Å²) in [6.45, 7) is 7.48. The number of amides is 1. The Morgan fingerprint density at radius 3 is 2.63 bits per heavy atom. The van der Waals surface area contributed by atoms with Crippen LogP contribution >= 0.6 is 0 Å². The van der Waals surface area contributed by atoms with Gasteiger partial charge in [0.05, 0.1) is 19.0 Å². The van der Waals surface area contributed by atoms with Crippen LogP contribution in [-0.2, 0) is 4.74 Å². The molecule has 0 radical (unpaired) electrons. The Hall–Kier alpha value is -1.82. The van der Waals surface area contributed by atoms with Crippen molar-refractivity contribution in [3.63, 3.8) is 0 Å². The molecule has 2 heterocycles. The summed E-state index contributed by atoms with van der Waals surface area (Å²) in [5.41, 5.74) is 1.09. The average molecular weight is 264 g/mol. The second-order valence-corrected chi connectivity index (χ2v) is 4.44. The Balaban J connectivity index is 1.93. The van der Waals surface area contributed by atoms with Gasteiger partial charge in [-0.15, -0.1) is 0 Å². The number of nitrogens with one attached hydrogen (secondary N) is 1. The molecule has 0 aliphatic carbocycles. The van der Waals surface area contributed by atoms with E-state index in [0.29, 0.717) is 5.82 Å². The van der Waals surface area contributed by atoms with Gasteiger partial charge >= 0.3 is 6.09 Å². The quantitative estimate of drug-likeness (QED) is 0.894. The summed E-state index contributed by atoms with van der Waals surface area (Å²) in [5, 5.41) is 2.54. The van der Waals surface area contributed by atoms with Crippen molar-refractivity contribution in [3.8, 4) is 0 Å². The summed E-state index contributed by atoms with van der Waals surface area (Å²) in [5.74, 6) is 0.503. The molecule has 0 aromatic carbocycles. The van der Waals surface area contributed by atoms with Gasteiger partial charge in [0.1, 0.15) is 5.82 Å². The number of nitrogens with zero attached hydrogens (tertiary/aromatic N) is 3. The summed E-state index contributed by atoms with van der Waals surface area (Å²) >= 11 is 0. The van der Waals surface area contributed by atoms with Crippen LogP contribution < -0.4 is 10.2 Å². The molecule has 0 spiro atoms. The Labute approximate surface area is 113 Å². The highest BCUT2D eigenvalue weighted by Gasteiger charge is 2.16. The lowest BCUT2D eigenvalue weighted by atomic mass is 10.2. The molecule has 1 N–H and O–H groups in total. The van der Waals surface area contributed by atoms with Crippen LogP contribution in [0.5, 0.6) is 0 Å². The molecule has 104 valence electrons. The first kappa shape index (κ1) is 13.6. The molecule has 6 nitrogen and oxygen atoms in total. The fraction of sp³-hybridized carbons (Fsp3) is 0.538. The van der Waals surface area contributed by atoms with Crippen LogP contribution in [-0.4, -0.2) is 55.8 Å². The molecule has 1 saturated heterocycles. The number of rotatable bonds is 3. The number of piperazine rings is 1. The number of pyridine rings is 1. The van der Waals surface area contributed by atoms with Crippen molar-refractivity contribution in [1.29, 1.82) is 0 Å². The summed E-state index contributed by atoms with van der Waals surface area (Å²) in [4.78, 5) is 20.0. The van der Waals surface area contributed by atoms with Crippen LogP contribution in [0, 0.1) is 0 Å². The highest BCUT2D eigenvalue weighted by Crippen LogP contribution is 2.17. The van der Waals surface area contributed by atoms with Crippen LogP contribution in [0.25, 0.3) is 0 Å². The van der Waals surface area contributed by atoms with Crippen LogP contribution in [0.2, 0.25) is 0 Å². The molecular weight excluding hydrogens is 244 g/mol. The van der Waals surface area contributed by atoms with Crippen molar-refractivity contribution in [2.75, 3.05) is 50.1 Å². The van der Waals surface area contributed by atoms with Gasteiger partial charge in [-0.1, -0.05) is 6.92 Å². The minimum Gasteiger partial charge on any atom is -0.453 e. The maximum atomic E-state index is 11.0. The zero-order chi connectivity index (χ0) is 13.7. The summed E-state index contributed by atoms with van der Waals surface area (Å²) in [7, 11) is 1.33. The van der Waals surface area contributed by atoms with Gasteiger partial charge in [-0.2, -0.15) is 0 Å². The number of likely N-dealkylation sites (N-methyl/N-ethyl adjacent to an activating group) is 1. The van der Waals surface area contributed by atoms with Gasteiger partial charge in [0.2, 0.25) is 0 Å². The van der Waals surface area contributed by atoms with Gasteiger partial charge in [0.15, 0.2) is 0 Å². The van der Waals surface area contributed by atoms with Crippen molar-refractivity contribution >= 4 is 17.6 Å². The molecule has 19 heavy (non-hydrogen) atoms. The SMILES string of the molecule is CCN1CCN(c2ccc(NC(=O)OC)nc2)CC1. The van der Waals surface area contributed by atoms with E-state index in [0.717, 1.165) is 38.4 Å². The maximum absolute atomic E-state index is 11.0. The van der Waals surface area contributed by atoms with Gasteiger partial charge < -0.3 is 14.5 Å². The summed E-state index contributed by atoms with van der Waals surface area (Å²) in [6, 6.07) is 3.76. The maximum Gasteiger partial charge on any atom is 0.412 e. The van der Waals surface area contributed by atoms with E-state index in [-0.39, 0.29) is 0 Å². The smallest absolute Gasteiger partial charge is 0.412 e. The first-order valence-electron chi connectivity index (χ1n) is 6.51. The fourth-order valence-electron chi connectivity index (χ4n) is 2.12. The highest BCUT2D eigenvalue weighted by molar-refractivity contribution is 5.83. The Morgan fingerprint density at radius 1 is 1.37 bits per heavy atom. The second-order valence-electron chi connectivity index (χ2n) is 4.44. The van der Waals surface area contributed by atoms with Crippen LogP contribution in [0.4, 0.5) is 16.3 Å². The lowest BCUT2D eigenvalue weighted by Crippen LogP contribution is -2.46. The van der Waals surface area contributed by atoms with Crippen LogP contribution in [0.1, 0.15) is 6.92 Å². The first-order valence-corrected chi connectivity index (χ1v) is 6.51. The summed E-state index contributed by atoms with van der Waals surface area (Å²) < 4.78 is 4.52. The van der Waals surface area contributed by atoms with Gasteiger partial charge in [0, 0.05) is 26.2 Å². The zero-order valence-corrected chi connectivity index (χ0v) is 11.4. The van der Waals surface area contributed by atoms with Gasteiger partial charge in [-0.05, 0) is 18.7 Å². The molecule has 2 rings (SSSR count). The van der Waals surface area contributed by atoms with Crippen molar-refractivity contribution in [2.45, 2.75) is 6.92 Å². The molecule has 0 saturated carbocycles. The first-order chi connectivity index (χ1) is 9.22. The lowest BCUT2D eigenvalue weighted by molar-refractivity contribution is 0.187. The predicted molar refractivity (Wildman–Crippen MR) is 74.6 cm³/mol. The number of hydrogen-bond donors (Lipinski definition) is 1. The van der Waals surface area contributed by atoms with E-state index < -0.39 is 6.09 Å². The van der Waals surface area contributed by atoms with Crippen molar-refractivity contribution in [2.24, 2.45) is 0 Å². The minimum absolute atomic E-state index is 0.503. The molecule has 0 atom stereocenters. The molecular formula is C13H20N4O2. The topological polar surface area (TPSA) is 57.7 Å². The van der Waals surface area contributed by atoms with Crippen molar-refractivity contribution in [3.05, 3.63) is 18.3 Å². The Bertz CT molecular complexity index is 413. The number of carbonyl (C=O) groups is 1. The minimum atomic E-state index is -0.503. The Kier molecular flexibility index (Phi) is 4.57. The molecule has 6 heteroatoms. The van der Waals surface area contributed by atoms with E-state index in [1.54, 1.807) is 12.3 Å². The van der Waals surface area contributed by atoms with Gasteiger partial charge in [-0.3, -0.25) is 5.32 Å². The normalized spacial score (nSPS) is 16.2. The number of anilines is 2. The van der Waals surface area contributed by atoms with E-state index in [2.05, 4.69) is 31.8 Å². The third-order valence-electron chi connectivity index (χ3n) is 3.35. The van der Waals surface area contributed by atoms with Crippen LogP contribution in [0.15, 0.2) is 18.3 Å². The third-order valence-corrected chi connectivity index (χ3v) is 3.35.